The second kappa shape index (κ2) is 7.22. The van der Waals surface area contributed by atoms with E-state index in [1.54, 1.807) is 18.3 Å². The van der Waals surface area contributed by atoms with Crippen LogP contribution < -0.4 is 5.32 Å². The van der Waals surface area contributed by atoms with E-state index in [4.69, 9.17) is 0 Å². The summed E-state index contributed by atoms with van der Waals surface area (Å²) in [6, 6.07) is 10.9. The van der Waals surface area contributed by atoms with E-state index in [1.165, 1.54) is 5.56 Å². The van der Waals surface area contributed by atoms with Crippen molar-refractivity contribution < 1.29 is 8.42 Å². The average molecular weight is 304 g/mol. The number of sulfone groups is 1. The summed E-state index contributed by atoms with van der Waals surface area (Å²) in [7, 11) is -3.13. The highest BCUT2D eigenvalue weighted by molar-refractivity contribution is 7.91. The zero-order valence-corrected chi connectivity index (χ0v) is 12.9. The molecule has 0 aliphatic heterocycles. The lowest BCUT2D eigenvalue weighted by Gasteiger charge is -2.08. The molecule has 0 aliphatic rings. The first-order valence-corrected chi connectivity index (χ1v) is 8.72. The van der Waals surface area contributed by atoms with Gasteiger partial charge in [-0.25, -0.2) is 8.42 Å². The van der Waals surface area contributed by atoms with E-state index in [1.807, 2.05) is 37.4 Å². The lowest BCUT2D eigenvalue weighted by atomic mass is 10.2. The van der Waals surface area contributed by atoms with Crippen LogP contribution in [0.2, 0.25) is 0 Å². The molecule has 1 aromatic heterocycles. The van der Waals surface area contributed by atoms with Gasteiger partial charge in [-0.2, -0.15) is 0 Å². The number of pyridine rings is 1. The molecule has 2 aromatic rings. The van der Waals surface area contributed by atoms with Gasteiger partial charge in [0.1, 0.15) is 0 Å². The van der Waals surface area contributed by atoms with Crippen LogP contribution in [0.15, 0.2) is 53.7 Å². The van der Waals surface area contributed by atoms with Gasteiger partial charge >= 0.3 is 0 Å². The van der Waals surface area contributed by atoms with Crippen molar-refractivity contribution in [2.45, 2.75) is 24.7 Å². The third kappa shape index (κ3) is 4.56. The first-order valence-electron chi connectivity index (χ1n) is 7.07. The van der Waals surface area contributed by atoms with Gasteiger partial charge in [-0.1, -0.05) is 13.0 Å². The second-order valence-corrected chi connectivity index (χ2v) is 6.99. The second-order valence-electron chi connectivity index (χ2n) is 4.88. The quantitative estimate of drug-likeness (QED) is 0.854. The molecule has 112 valence electrons. The van der Waals surface area contributed by atoms with Crippen molar-refractivity contribution >= 4 is 15.5 Å². The molecule has 0 unspecified atom stereocenters. The van der Waals surface area contributed by atoms with Gasteiger partial charge in [-0.15, -0.1) is 0 Å². The third-order valence-electron chi connectivity index (χ3n) is 3.15. The van der Waals surface area contributed by atoms with Crippen LogP contribution in [0.5, 0.6) is 0 Å². The lowest BCUT2D eigenvalue weighted by Crippen LogP contribution is -2.07. The monoisotopic (exact) mass is 304 g/mol. The Bertz CT molecular complexity index is 652. The summed E-state index contributed by atoms with van der Waals surface area (Å²) in [5.74, 6) is 0.195. The molecular weight excluding hydrogens is 284 g/mol. The molecule has 0 saturated heterocycles. The van der Waals surface area contributed by atoms with Crippen LogP contribution in [0, 0.1) is 0 Å². The summed E-state index contributed by atoms with van der Waals surface area (Å²) >= 11 is 0. The number of benzene rings is 1. The van der Waals surface area contributed by atoms with E-state index in [0.717, 1.165) is 18.7 Å². The molecule has 1 heterocycles. The highest BCUT2D eigenvalue weighted by Crippen LogP contribution is 2.16. The van der Waals surface area contributed by atoms with Crippen molar-refractivity contribution in [3.05, 3.63) is 54.4 Å². The van der Waals surface area contributed by atoms with Crippen LogP contribution in [0.4, 0.5) is 5.69 Å². The number of anilines is 1. The van der Waals surface area contributed by atoms with E-state index in [-0.39, 0.29) is 5.75 Å². The number of nitrogens with one attached hydrogen (secondary N) is 1. The van der Waals surface area contributed by atoms with Gasteiger partial charge in [-0.3, -0.25) is 4.98 Å². The van der Waals surface area contributed by atoms with Crippen LogP contribution in [0.25, 0.3) is 0 Å². The molecule has 0 fully saturated rings. The number of hydrogen-bond acceptors (Lipinski definition) is 4. The van der Waals surface area contributed by atoms with Crippen molar-refractivity contribution in [1.82, 2.24) is 4.98 Å². The SMILES string of the molecule is CCCS(=O)(=O)c1ccc(NCCc2cccnc2)cc1. The molecule has 0 radical (unpaired) electrons. The van der Waals surface area contributed by atoms with Crippen molar-refractivity contribution in [2.24, 2.45) is 0 Å². The molecule has 1 N–H and O–H groups in total. The van der Waals surface area contributed by atoms with Crippen LogP contribution in [-0.4, -0.2) is 25.7 Å². The largest absolute Gasteiger partial charge is 0.385 e. The Hall–Kier alpha value is -1.88. The third-order valence-corrected chi connectivity index (χ3v) is 5.09. The zero-order valence-electron chi connectivity index (χ0n) is 12.1. The maximum absolute atomic E-state index is 11.9. The number of nitrogens with zero attached hydrogens (tertiary/aromatic N) is 1. The van der Waals surface area contributed by atoms with Crippen molar-refractivity contribution in [3.63, 3.8) is 0 Å². The minimum absolute atomic E-state index is 0.195. The van der Waals surface area contributed by atoms with E-state index < -0.39 is 9.84 Å². The summed E-state index contributed by atoms with van der Waals surface area (Å²) in [4.78, 5) is 4.46. The lowest BCUT2D eigenvalue weighted by molar-refractivity contribution is 0.595. The van der Waals surface area contributed by atoms with Gasteiger partial charge in [0.15, 0.2) is 9.84 Å². The maximum Gasteiger partial charge on any atom is 0.178 e. The molecular formula is C16H20N2O2S. The predicted molar refractivity (Wildman–Crippen MR) is 85.2 cm³/mol. The van der Waals surface area contributed by atoms with E-state index in [0.29, 0.717) is 11.3 Å². The van der Waals surface area contributed by atoms with Crippen molar-refractivity contribution in [2.75, 3.05) is 17.6 Å². The van der Waals surface area contributed by atoms with Gasteiger partial charge in [-0.05, 0) is 48.7 Å². The van der Waals surface area contributed by atoms with Gasteiger partial charge in [0.05, 0.1) is 10.6 Å². The Morgan fingerprint density at radius 2 is 1.90 bits per heavy atom. The summed E-state index contributed by atoms with van der Waals surface area (Å²) in [5.41, 5.74) is 2.10. The number of rotatable bonds is 7. The van der Waals surface area contributed by atoms with Gasteiger partial charge < -0.3 is 5.32 Å². The van der Waals surface area contributed by atoms with Crippen molar-refractivity contribution in [3.8, 4) is 0 Å². The molecule has 1 aromatic carbocycles. The molecule has 21 heavy (non-hydrogen) atoms. The minimum Gasteiger partial charge on any atom is -0.385 e. The summed E-state index contributed by atoms with van der Waals surface area (Å²) < 4.78 is 23.8. The molecule has 0 saturated carbocycles. The van der Waals surface area contributed by atoms with Gasteiger partial charge in [0.2, 0.25) is 0 Å². The van der Waals surface area contributed by atoms with Crippen molar-refractivity contribution in [1.29, 1.82) is 0 Å². The fraction of sp³-hybridized carbons (Fsp3) is 0.312. The van der Waals surface area contributed by atoms with E-state index in [9.17, 15) is 8.42 Å². The topological polar surface area (TPSA) is 59.1 Å². The fourth-order valence-corrected chi connectivity index (χ4v) is 3.39. The summed E-state index contributed by atoms with van der Waals surface area (Å²) in [6.07, 6.45) is 5.12. The average Bonchev–Trinajstić information content (AvgIpc) is 2.49. The molecule has 0 bridgehead atoms. The fourth-order valence-electron chi connectivity index (χ4n) is 2.06. The number of aromatic nitrogens is 1. The molecule has 0 spiro atoms. The summed E-state index contributed by atoms with van der Waals surface area (Å²) in [5, 5.41) is 3.28. The minimum atomic E-state index is -3.13. The van der Waals surface area contributed by atoms with Gasteiger partial charge in [0.25, 0.3) is 0 Å². The Morgan fingerprint density at radius 3 is 2.52 bits per heavy atom. The first-order chi connectivity index (χ1) is 10.1. The van der Waals surface area contributed by atoms with Crippen LogP contribution >= 0.6 is 0 Å². The van der Waals surface area contributed by atoms with Crippen LogP contribution in [-0.2, 0) is 16.3 Å². The Kier molecular flexibility index (Phi) is 5.33. The summed E-state index contributed by atoms with van der Waals surface area (Å²) in [6.45, 7) is 2.65. The van der Waals surface area contributed by atoms with Crippen LogP contribution in [0.3, 0.4) is 0 Å². The van der Waals surface area contributed by atoms with Crippen LogP contribution in [0.1, 0.15) is 18.9 Å². The Labute approximate surface area is 126 Å². The molecule has 5 heteroatoms. The smallest absolute Gasteiger partial charge is 0.178 e. The van der Waals surface area contributed by atoms with Gasteiger partial charge in [0, 0.05) is 24.6 Å². The Morgan fingerprint density at radius 1 is 1.14 bits per heavy atom. The highest BCUT2D eigenvalue weighted by atomic mass is 32.2. The van der Waals surface area contributed by atoms with E-state index in [2.05, 4.69) is 10.3 Å². The standard InChI is InChI=1S/C16H20N2O2S/c1-2-12-21(19,20)16-7-5-15(6-8-16)18-11-9-14-4-3-10-17-13-14/h3-8,10,13,18H,2,9,11-12H2,1H3. The molecule has 0 amide bonds. The maximum atomic E-state index is 11.9. The number of hydrogen-bond donors (Lipinski definition) is 1. The highest BCUT2D eigenvalue weighted by Gasteiger charge is 2.12. The van der Waals surface area contributed by atoms with E-state index >= 15 is 0 Å². The normalized spacial score (nSPS) is 11.3. The molecule has 2 rings (SSSR count). The predicted octanol–water partition coefficient (Wildman–Crippen LogP) is 2.92. The zero-order chi connectivity index (χ0) is 15.1. The molecule has 4 nitrogen and oxygen atoms in total. The molecule has 0 aliphatic carbocycles. The first kappa shape index (κ1) is 15.5. The Balaban J connectivity index is 1.91. The molecule has 0 atom stereocenters.